The van der Waals surface area contributed by atoms with Crippen LogP contribution >= 0.6 is 11.8 Å². The van der Waals surface area contributed by atoms with Crippen LogP contribution in [0.25, 0.3) is 0 Å². The second kappa shape index (κ2) is 4.75. The summed E-state index contributed by atoms with van der Waals surface area (Å²) in [6.07, 6.45) is 3.89. The van der Waals surface area contributed by atoms with Gasteiger partial charge in [-0.1, -0.05) is 20.8 Å². The van der Waals surface area contributed by atoms with E-state index < -0.39 is 0 Å². The normalized spacial score (nSPS) is 42.9. The first kappa shape index (κ1) is 13.7. The smallest absolute Gasteiger partial charge is 0.0340 e. The Labute approximate surface area is 111 Å². The molecule has 0 aromatic heterocycles. The van der Waals surface area contributed by atoms with Crippen LogP contribution < -0.4 is 5.73 Å². The van der Waals surface area contributed by atoms with Gasteiger partial charge in [-0.15, -0.1) is 0 Å². The van der Waals surface area contributed by atoms with Crippen molar-refractivity contribution in [1.82, 2.24) is 4.90 Å². The molecule has 1 heterocycles. The van der Waals surface area contributed by atoms with Gasteiger partial charge in [0.25, 0.3) is 0 Å². The van der Waals surface area contributed by atoms with Crippen LogP contribution in [0.4, 0.5) is 0 Å². The van der Waals surface area contributed by atoms with E-state index in [4.69, 9.17) is 5.73 Å². The Morgan fingerprint density at radius 3 is 2.53 bits per heavy atom. The molecule has 0 radical (unpaired) electrons. The fourth-order valence-electron chi connectivity index (χ4n) is 3.78. The summed E-state index contributed by atoms with van der Waals surface area (Å²) in [4.78, 5) is 2.74. The molecule has 2 nitrogen and oxygen atoms in total. The van der Waals surface area contributed by atoms with E-state index in [9.17, 15) is 0 Å². The molecule has 100 valence electrons. The summed E-state index contributed by atoms with van der Waals surface area (Å²) in [5.74, 6) is 1.27. The van der Waals surface area contributed by atoms with Gasteiger partial charge in [-0.3, -0.25) is 4.90 Å². The quantitative estimate of drug-likeness (QED) is 0.824. The lowest BCUT2D eigenvalue weighted by Gasteiger charge is -2.49. The summed E-state index contributed by atoms with van der Waals surface area (Å²) < 4.78 is 0. The third-order valence-corrected chi connectivity index (χ3v) is 6.29. The fraction of sp³-hybridized carbons (Fsp3) is 1.00. The molecule has 3 atom stereocenters. The van der Waals surface area contributed by atoms with Crippen molar-refractivity contribution < 1.29 is 0 Å². The SMILES string of the molecule is CC1SCCN(C2(CN)CCC(C)(C)C2)C1C. The highest BCUT2D eigenvalue weighted by Gasteiger charge is 2.48. The van der Waals surface area contributed by atoms with Crippen molar-refractivity contribution in [3.63, 3.8) is 0 Å². The van der Waals surface area contributed by atoms with Crippen molar-refractivity contribution in [2.45, 2.75) is 63.8 Å². The molecule has 0 bridgehead atoms. The van der Waals surface area contributed by atoms with Gasteiger partial charge >= 0.3 is 0 Å². The zero-order valence-corrected chi connectivity index (χ0v) is 12.6. The lowest BCUT2D eigenvalue weighted by molar-refractivity contribution is 0.0539. The molecule has 3 heteroatoms. The van der Waals surface area contributed by atoms with E-state index in [0.717, 1.165) is 11.8 Å². The van der Waals surface area contributed by atoms with Gasteiger partial charge in [0, 0.05) is 35.7 Å². The summed E-state index contributed by atoms with van der Waals surface area (Å²) in [7, 11) is 0. The van der Waals surface area contributed by atoms with Crippen LogP contribution in [-0.4, -0.2) is 40.6 Å². The first-order valence-corrected chi connectivity index (χ1v) is 8.04. The maximum Gasteiger partial charge on any atom is 0.0340 e. The van der Waals surface area contributed by atoms with E-state index in [1.807, 2.05) is 0 Å². The van der Waals surface area contributed by atoms with Crippen molar-refractivity contribution in [3.05, 3.63) is 0 Å². The van der Waals surface area contributed by atoms with Crippen molar-refractivity contribution in [1.29, 1.82) is 0 Å². The van der Waals surface area contributed by atoms with Crippen molar-refractivity contribution in [2.24, 2.45) is 11.1 Å². The van der Waals surface area contributed by atoms with Crippen LogP contribution in [0.15, 0.2) is 0 Å². The van der Waals surface area contributed by atoms with Gasteiger partial charge in [-0.25, -0.2) is 0 Å². The monoisotopic (exact) mass is 256 g/mol. The topological polar surface area (TPSA) is 29.3 Å². The molecule has 0 spiro atoms. The Hall–Kier alpha value is 0.270. The third kappa shape index (κ3) is 2.52. The Morgan fingerprint density at radius 2 is 2.00 bits per heavy atom. The first-order chi connectivity index (χ1) is 7.90. The Bertz CT molecular complexity index is 279. The summed E-state index contributed by atoms with van der Waals surface area (Å²) in [5, 5.41) is 0.746. The van der Waals surface area contributed by atoms with Crippen LogP contribution in [0, 0.1) is 5.41 Å². The summed E-state index contributed by atoms with van der Waals surface area (Å²) >= 11 is 2.12. The van der Waals surface area contributed by atoms with Gasteiger partial charge in [0.1, 0.15) is 0 Å². The molecule has 1 saturated carbocycles. The average molecular weight is 256 g/mol. The van der Waals surface area contributed by atoms with Gasteiger partial charge in [-0.2, -0.15) is 11.8 Å². The Balaban J connectivity index is 2.18. The van der Waals surface area contributed by atoms with Gasteiger partial charge in [-0.05, 0) is 31.6 Å². The summed E-state index contributed by atoms with van der Waals surface area (Å²) in [6, 6.07) is 0.672. The van der Waals surface area contributed by atoms with Gasteiger partial charge in [0.15, 0.2) is 0 Å². The van der Waals surface area contributed by atoms with Crippen LogP contribution in [0.5, 0.6) is 0 Å². The molecule has 0 aromatic rings. The highest BCUT2D eigenvalue weighted by Crippen LogP contribution is 2.48. The number of thioether (sulfide) groups is 1. The minimum Gasteiger partial charge on any atom is -0.329 e. The lowest BCUT2D eigenvalue weighted by Crippen LogP contribution is -2.60. The minimum absolute atomic E-state index is 0.290. The zero-order chi connectivity index (χ0) is 12.7. The van der Waals surface area contributed by atoms with E-state index >= 15 is 0 Å². The van der Waals surface area contributed by atoms with E-state index in [1.165, 1.54) is 31.6 Å². The van der Waals surface area contributed by atoms with Gasteiger partial charge in [0.2, 0.25) is 0 Å². The molecule has 2 fully saturated rings. The van der Waals surface area contributed by atoms with Gasteiger partial charge in [0.05, 0.1) is 0 Å². The number of nitrogens with zero attached hydrogens (tertiary/aromatic N) is 1. The number of nitrogens with two attached hydrogens (primary N) is 1. The van der Waals surface area contributed by atoms with E-state index in [2.05, 4.69) is 44.4 Å². The molecule has 2 N–H and O–H groups in total. The molecular formula is C14H28N2S. The summed E-state index contributed by atoms with van der Waals surface area (Å²) in [6.45, 7) is 11.6. The zero-order valence-electron chi connectivity index (χ0n) is 11.8. The van der Waals surface area contributed by atoms with Crippen LogP contribution in [0.3, 0.4) is 0 Å². The van der Waals surface area contributed by atoms with Crippen molar-refractivity contribution >= 4 is 11.8 Å². The number of hydrogen-bond donors (Lipinski definition) is 1. The molecule has 1 aliphatic carbocycles. The predicted molar refractivity (Wildman–Crippen MR) is 77.5 cm³/mol. The largest absolute Gasteiger partial charge is 0.329 e. The maximum atomic E-state index is 6.18. The molecule has 0 amide bonds. The second-order valence-electron chi connectivity index (χ2n) is 6.78. The fourth-order valence-corrected chi connectivity index (χ4v) is 4.88. The van der Waals surface area contributed by atoms with E-state index in [-0.39, 0.29) is 5.54 Å². The van der Waals surface area contributed by atoms with Crippen molar-refractivity contribution in [3.8, 4) is 0 Å². The number of hydrogen-bond acceptors (Lipinski definition) is 3. The van der Waals surface area contributed by atoms with E-state index in [1.54, 1.807) is 0 Å². The summed E-state index contributed by atoms with van der Waals surface area (Å²) in [5.41, 5.74) is 6.95. The van der Waals surface area contributed by atoms with Crippen LogP contribution in [0.1, 0.15) is 47.0 Å². The molecular weight excluding hydrogens is 228 g/mol. The molecule has 3 unspecified atom stereocenters. The maximum absolute atomic E-state index is 6.18. The van der Waals surface area contributed by atoms with Crippen molar-refractivity contribution in [2.75, 3.05) is 18.8 Å². The average Bonchev–Trinajstić information content (AvgIpc) is 2.59. The highest BCUT2D eigenvalue weighted by molar-refractivity contribution is 8.00. The van der Waals surface area contributed by atoms with Crippen LogP contribution in [0.2, 0.25) is 0 Å². The third-order valence-electron chi connectivity index (χ3n) is 4.95. The molecule has 0 aromatic carbocycles. The van der Waals surface area contributed by atoms with Gasteiger partial charge < -0.3 is 5.73 Å². The molecule has 1 aliphatic heterocycles. The molecule has 1 saturated heterocycles. The highest BCUT2D eigenvalue weighted by atomic mass is 32.2. The molecule has 2 rings (SSSR count). The van der Waals surface area contributed by atoms with Crippen LogP contribution in [-0.2, 0) is 0 Å². The predicted octanol–water partition coefficient (Wildman–Crippen LogP) is 2.72. The first-order valence-electron chi connectivity index (χ1n) is 6.99. The Morgan fingerprint density at radius 1 is 1.29 bits per heavy atom. The lowest BCUT2D eigenvalue weighted by atomic mass is 9.85. The number of rotatable bonds is 2. The minimum atomic E-state index is 0.290. The molecule has 2 aliphatic rings. The standard InChI is InChI=1S/C14H28N2S/c1-11-12(2)17-8-7-16(11)14(10-15)6-5-13(3,4)9-14/h11-12H,5-10,15H2,1-4H3. The second-order valence-corrected chi connectivity index (χ2v) is 8.26. The molecule has 17 heavy (non-hydrogen) atoms. The van der Waals surface area contributed by atoms with E-state index in [0.29, 0.717) is 11.5 Å². The Kier molecular flexibility index (Phi) is 3.82.